The molecule has 2 N–H and O–H groups in total. The molecule has 0 spiro atoms. The highest BCUT2D eigenvalue weighted by molar-refractivity contribution is 5.93. The quantitative estimate of drug-likeness (QED) is 0.895. The van der Waals surface area contributed by atoms with Gasteiger partial charge in [-0.15, -0.1) is 0 Å². The van der Waals surface area contributed by atoms with Crippen molar-refractivity contribution in [2.75, 3.05) is 12.4 Å². The van der Waals surface area contributed by atoms with Crippen molar-refractivity contribution in [3.63, 3.8) is 0 Å². The first-order valence-corrected chi connectivity index (χ1v) is 8.34. The summed E-state index contributed by atoms with van der Waals surface area (Å²) in [6.07, 6.45) is 4.89. The first kappa shape index (κ1) is 17.0. The molecule has 1 atom stereocenters. The highest BCUT2D eigenvalue weighted by Crippen LogP contribution is 2.26. The van der Waals surface area contributed by atoms with Gasteiger partial charge in [-0.3, -0.25) is 9.48 Å². The maximum atomic E-state index is 12.4. The maximum Gasteiger partial charge on any atom is 0.317 e. The van der Waals surface area contributed by atoms with Gasteiger partial charge in [0.05, 0.1) is 18.8 Å². The zero-order chi connectivity index (χ0) is 18.0. The van der Waals surface area contributed by atoms with Crippen molar-refractivity contribution < 1.29 is 9.59 Å². The van der Waals surface area contributed by atoms with Crippen molar-refractivity contribution in [2.24, 2.45) is 7.05 Å². The molecule has 1 aromatic heterocycles. The number of carbonyl (C=O) groups excluding carboxylic acids is 2. The van der Waals surface area contributed by atoms with Crippen LogP contribution < -0.4 is 10.6 Å². The molecule has 2 heterocycles. The Morgan fingerprint density at radius 3 is 2.96 bits per heavy atom. The van der Waals surface area contributed by atoms with E-state index in [1.807, 2.05) is 32.3 Å². The van der Waals surface area contributed by atoms with Crippen LogP contribution in [0.1, 0.15) is 36.1 Å². The van der Waals surface area contributed by atoms with Crippen molar-refractivity contribution in [1.82, 2.24) is 20.0 Å². The minimum absolute atomic E-state index is 0.0543. The van der Waals surface area contributed by atoms with Crippen LogP contribution in [0.2, 0.25) is 0 Å². The van der Waals surface area contributed by atoms with E-state index in [2.05, 4.69) is 21.8 Å². The smallest absolute Gasteiger partial charge is 0.317 e. The summed E-state index contributed by atoms with van der Waals surface area (Å²) in [5.74, 6) is 0.0543. The Morgan fingerprint density at radius 2 is 2.24 bits per heavy atom. The van der Waals surface area contributed by atoms with Gasteiger partial charge in [0.15, 0.2) is 0 Å². The number of fused-ring (bicyclic) bond motifs is 1. The Morgan fingerprint density at radius 1 is 1.44 bits per heavy atom. The van der Waals surface area contributed by atoms with Gasteiger partial charge in [0, 0.05) is 38.0 Å². The molecule has 1 aliphatic heterocycles. The van der Waals surface area contributed by atoms with Crippen LogP contribution in [0.4, 0.5) is 10.5 Å². The Labute approximate surface area is 147 Å². The molecule has 0 saturated carbocycles. The SMILES string of the molecule is CC(NC(=O)N(C)Cc1cnn(C)c1)c1ccc2c(c1)CCC(=O)N2. The van der Waals surface area contributed by atoms with E-state index in [1.165, 1.54) is 0 Å². The molecule has 0 saturated heterocycles. The van der Waals surface area contributed by atoms with Gasteiger partial charge >= 0.3 is 6.03 Å². The molecule has 0 aliphatic carbocycles. The lowest BCUT2D eigenvalue weighted by Gasteiger charge is -2.23. The van der Waals surface area contributed by atoms with Crippen LogP contribution in [-0.2, 0) is 24.8 Å². The van der Waals surface area contributed by atoms with Gasteiger partial charge < -0.3 is 15.5 Å². The molecule has 1 aliphatic rings. The number of hydrogen-bond donors (Lipinski definition) is 2. The molecule has 1 aromatic carbocycles. The van der Waals surface area contributed by atoms with Crippen molar-refractivity contribution in [2.45, 2.75) is 32.4 Å². The van der Waals surface area contributed by atoms with Crippen molar-refractivity contribution in [3.05, 3.63) is 47.3 Å². The number of aryl methyl sites for hydroxylation is 2. The minimum atomic E-state index is -0.137. The van der Waals surface area contributed by atoms with Crippen LogP contribution in [-0.4, -0.2) is 33.7 Å². The summed E-state index contributed by atoms with van der Waals surface area (Å²) < 4.78 is 1.72. The van der Waals surface area contributed by atoms with E-state index in [1.54, 1.807) is 22.8 Å². The fraction of sp³-hybridized carbons (Fsp3) is 0.389. The molecule has 7 nitrogen and oxygen atoms in total. The summed E-state index contributed by atoms with van der Waals surface area (Å²) in [7, 11) is 3.61. The normalized spacial score (nSPS) is 14.4. The monoisotopic (exact) mass is 341 g/mol. The number of amides is 3. The Bertz CT molecular complexity index is 799. The molecule has 132 valence electrons. The van der Waals surface area contributed by atoms with Crippen LogP contribution in [0.3, 0.4) is 0 Å². The fourth-order valence-electron chi connectivity index (χ4n) is 2.95. The second-order valence-corrected chi connectivity index (χ2v) is 6.51. The average Bonchev–Trinajstić information content (AvgIpc) is 2.99. The number of rotatable bonds is 4. The topological polar surface area (TPSA) is 79.3 Å². The Hall–Kier alpha value is -2.83. The second kappa shape index (κ2) is 6.96. The van der Waals surface area contributed by atoms with Gasteiger partial charge in [-0.25, -0.2) is 4.79 Å². The lowest BCUT2D eigenvalue weighted by molar-refractivity contribution is -0.116. The number of benzene rings is 1. The predicted molar refractivity (Wildman–Crippen MR) is 95.0 cm³/mol. The molecule has 0 fully saturated rings. The van der Waals surface area contributed by atoms with Gasteiger partial charge in [-0.2, -0.15) is 5.10 Å². The molecule has 1 unspecified atom stereocenters. The number of carbonyl (C=O) groups is 2. The highest BCUT2D eigenvalue weighted by Gasteiger charge is 2.18. The Balaban J connectivity index is 1.62. The van der Waals surface area contributed by atoms with Crippen LogP contribution in [0.5, 0.6) is 0 Å². The van der Waals surface area contributed by atoms with E-state index in [9.17, 15) is 9.59 Å². The van der Waals surface area contributed by atoms with Crippen molar-refractivity contribution in [1.29, 1.82) is 0 Å². The predicted octanol–water partition coefficient (Wildman–Crippen LogP) is 2.21. The molecule has 3 rings (SSSR count). The number of nitrogens with one attached hydrogen (secondary N) is 2. The molecule has 2 aromatic rings. The summed E-state index contributed by atoms with van der Waals surface area (Å²) in [4.78, 5) is 25.5. The highest BCUT2D eigenvalue weighted by atomic mass is 16.2. The summed E-state index contributed by atoms with van der Waals surface area (Å²) in [6.45, 7) is 2.46. The molecular weight excluding hydrogens is 318 g/mol. The zero-order valence-corrected chi connectivity index (χ0v) is 14.7. The van der Waals surface area contributed by atoms with Gasteiger partial charge in [0.2, 0.25) is 5.91 Å². The third kappa shape index (κ3) is 3.99. The van der Waals surface area contributed by atoms with Crippen LogP contribution in [0, 0.1) is 0 Å². The molecule has 25 heavy (non-hydrogen) atoms. The van der Waals surface area contributed by atoms with Crippen LogP contribution in [0.15, 0.2) is 30.6 Å². The minimum Gasteiger partial charge on any atom is -0.331 e. The number of urea groups is 1. The van der Waals surface area contributed by atoms with Gasteiger partial charge in [-0.1, -0.05) is 12.1 Å². The first-order chi connectivity index (χ1) is 11.9. The van der Waals surface area contributed by atoms with Gasteiger partial charge in [-0.05, 0) is 30.5 Å². The third-order valence-electron chi connectivity index (χ3n) is 4.39. The lowest BCUT2D eigenvalue weighted by Crippen LogP contribution is -2.38. The number of nitrogens with zero attached hydrogens (tertiary/aromatic N) is 3. The van der Waals surface area contributed by atoms with Gasteiger partial charge in [0.25, 0.3) is 0 Å². The molecular formula is C18H23N5O2. The van der Waals surface area contributed by atoms with E-state index in [0.717, 1.165) is 28.8 Å². The second-order valence-electron chi connectivity index (χ2n) is 6.51. The number of hydrogen-bond acceptors (Lipinski definition) is 3. The Kier molecular flexibility index (Phi) is 4.74. The average molecular weight is 341 g/mol. The maximum absolute atomic E-state index is 12.4. The largest absolute Gasteiger partial charge is 0.331 e. The summed E-state index contributed by atoms with van der Waals surface area (Å²) in [6, 6.07) is 5.65. The van der Waals surface area contributed by atoms with Crippen molar-refractivity contribution >= 4 is 17.6 Å². The van der Waals surface area contributed by atoms with E-state index in [-0.39, 0.29) is 18.0 Å². The van der Waals surface area contributed by atoms with E-state index in [4.69, 9.17) is 0 Å². The number of aromatic nitrogens is 2. The zero-order valence-electron chi connectivity index (χ0n) is 14.7. The van der Waals surface area contributed by atoms with E-state index >= 15 is 0 Å². The van der Waals surface area contributed by atoms with Crippen molar-refractivity contribution in [3.8, 4) is 0 Å². The molecule has 7 heteroatoms. The van der Waals surface area contributed by atoms with E-state index in [0.29, 0.717) is 13.0 Å². The first-order valence-electron chi connectivity index (χ1n) is 8.34. The van der Waals surface area contributed by atoms with Crippen LogP contribution in [0.25, 0.3) is 0 Å². The summed E-state index contributed by atoms with van der Waals surface area (Å²) >= 11 is 0. The molecule has 0 radical (unpaired) electrons. The lowest BCUT2D eigenvalue weighted by atomic mass is 9.98. The summed E-state index contributed by atoms with van der Waals surface area (Å²) in [5.41, 5.74) is 3.99. The third-order valence-corrected chi connectivity index (χ3v) is 4.39. The fourth-order valence-corrected chi connectivity index (χ4v) is 2.95. The van der Waals surface area contributed by atoms with E-state index < -0.39 is 0 Å². The molecule has 3 amide bonds. The standard InChI is InChI=1S/C18H23N5O2/c1-12(14-4-6-16-15(8-14)5-7-17(24)21-16)20-18(25)22(2)10-13-9-19-23(3)11-13/h4,6,8-9,11-12H,5,7,10H2,1-3H3,(H,20,25)(H,21,24). The molecule has 0 bridgehead atoms. The van der Waals surface area contributed by atoms with Gasteiger partial charge in [0.1, 0.15) is 0 Å². The van der Waals surface area contributed by atoms with Crippen LogP contribution >= 0.6 is 0 Å². The summed E-state index contributed by atoms with van der Waals surface area (Å²) in [5, 5.41) is 10.00. The number of anilines is 1.